The molecule has 3 N–H and O–H groups in total. The van der Waals surface area contributed by atoms with E-state index in [1.165, 1.54) is 44.9 Å². The van der Waals surface area contributed by atoms with Crippen molar-refractivity contribution in [3.05, 3.63) is 0 Å². The van der Waals surface area contributed by atoms with Crippen LogP contribution in [-0.4, -0.2) is 18.5 Å². The quantitative estimate of drug-likeness (QED) is 0.830. The zero-order chi connectivity index (χ0) is 14.1. The molecule has 114 valence electrons. The summed E-state index contributed by atoms with van der Waals surface area (Å²) in [4.78, 5) is 12.3. The summed E-state index contributed by atoms with van der Waals surface area (Å²) in [6.45, 7) is 3.22. The van der Waals surface area contributed by atoms with Crippen molar-refractivity contribution in [2.75, 3.05) is 6.54 Å². The zero-order valence-corrected chi connectivity index (χ0v) is 12.8. The summed E-state index contributed by atoms with van der Waals surface area (Å²) >= 11 is 0. The summed E-state index contributed by atoms with van der Waals surface area (Å²) in [5.74, 6) is 3.29. The van der Waals surface area contributed by atoms with Crippen molar-refractivity contribution in [3.63, 3.8) is 0 Å². The van der Waals surface area contributed by atoms with Crippen molar-refractivity contribution in [1.82, 2.24) is 5.32 Å². The molecule has 0 aromatic carbocycles. The van der Waals surface area contributed by atoms with E-state index in [1.54, 1.807) is 0 Å². The molecule has 20 heavy (non-hydrogen) atoms. The Morgan fingerprint density at radius 1 is 1.10 bits per heavy atom. The van der Waals surface area contributed by atoms with Crippen LogP contribution in [0.1, 0.15) is 58.3 Å². The normalized spacial score (nSPS) is 43.7. The van der Waals surface area contributed by atoms with Gasteiger partial charge < -0.3 is 11.1 Å². The lowest BCUT2D eigenvalue weighted by atomic mass is 9.81. The zero-order valence-electron chi connectivity index (χ0n) is 12.8. The molecule has 2 bridgehead atoms. The van der Waals surface area contributed by atoms with E-state index in [2.05, 4.69) is 12.2 Å². The fraction of sp³-hybridized carbons (Fsp3) is 0.941. The molecular formula is C17H30N2O. The number of carbonyl (C=O) groups excluding carboxylic acids is 1. The summed E-state index contributed by atoms with van der Waals surface area (Å²) in [7, 11) is 0. The Hall–Kier alpha value is -0.570. The van der Waals surface area contributed by atoms with E-state index in [0.717, 1.165) is 24.8 Å². The molecule has 3 fully saturated rings. The smallest absolute Gasteiger partial charge is 0.224 e. The van der Waals surface area contributed by atoms with Gasteiger partial charge in [-0.3, -0.25) is 4.79 Å². The predicted molar refractivity (Wildman–Crippen MR) is 81.0 cm³/mol. The average Bonchev–Trinajstić information content (AvgIpc) is 3.01. The van der Waals surface area contributed by atoms with Crippen molar-refractivity contribution in [2.24, 2.45) is 35.3 Å². The maximum atomic E-state index is 12.3. The lowest BCUT2D eigenvalue weighted by molar-refractivity contribution is -0.127. The molecule has 4 atom stereocenters. The van der Waals surface area contributed by atoms with E-state index in [9.17, 15) is 4.79 Å². The number of fused-ring (bicyclic) bond motifs is 2. The number of amides is 1. The summed E-state index contributed by atoms with van der Waals surface area (Å²) in [5, 5.41) is 3.18. The summed E-state index contributed by atoms with van der Waals surface area (Å²) in [5.41, 5.74) is 6.23. The van der Waals surface area contributed by atoms with E-state index in [4.69, 9.17) is 5.73 Å². The van der Waals surface area contributed by atoms with Crippen molar-refractivity contribution in [1.29, 1.82) is 0 Å². The van der Waals surface area contributed by atoms with E-state index in [0.29, 0.717) is 11.8 Å². The Kier molecular flexibility index (Phi) is 4.34. The molecule has 0 aromatic heterocycles. The van der Waals surface area contributed by atoms with Crippen LogP contribution in [0.4, 0.5) is 0 Å². The third-order valence-corrected chi connectivity index (χ3v) is 6.27. The molecule has 0 aliphatic heterocycles. The van der Waals surface area contributed by atoms with Crippen LogP contribution in [-0.2, 0) is 4.79 Å². The Morgan fingerprint density at radius 3 is 2.45 bits per heavy atom. The van der Waals surface area contributed by atoms with Gasteiger partial charge in [0.1, 0.15) is 0 Å². The van der Waals surface area contributed by atoms with Crippen LogP contribution in [0.3, 0.4) is 0 Å². The molecule has 3 saturated carbocycles. The van der Waals surface area contributed by atoms with Gasteiger partial charge in [-0.15, -0.1) is 0 Å². The molecule has 3 nitrogen and oxygen atoms in total. The van der Waals surface area contributed by atoms with Crippen LogP contribution in [0.25, 0.3) is 0 Å². The minimum absolute atomic E-state index is 0.111. The monoisotopic (exact) mass is 278 g/mol. The van der Waals surface area contributed by atoms with Gasteiger partial charge in [0.2, 0.25) is 5.91 Å². The third kappa shape index (κ3) is 2.88. The number of hydrogen-bond donors (Lipinski definition) is 2. The molecule has 0 radical (unpaired) electrons. The number of nitrogens with two attached hydrogens (primary N) is 1. The lowest BCUT2D eigenvalue weighted by Gasteiger charge is -2.28. The van der Waals surface area contributed by atoms with Crippen LogP contribution in [0.15, 0.2) is 0 Å². The Bertz CT molecular complexity index is 347. The maximum Gasteiger partial charge on any atom is 0.224 e. The fourth-order valence-corrected chi connectivity index (χ4v) is 4.86. The van der Waals surface area contributed by atoms with Gasteiger partial charge in [0.25, 0.3) is 0 Å². The lowest BCUT2D eigenvalue weighted by Crippen LogP contribution is -2.45. The number of rotatable bonds is 4. The van der Waals surface area contributed by atoms with Crippen LogP contribution >= 0.6 is 0 Å². The van der Waals surface area contributed by atoms with Crippen molar-refractivity contribution in [3.8, 4) is 0 Å². The molecule has 3 aliphatic carbocycles. The van der Waals surface area contributed by atoms with E-state index < -0.39 is 0 Å². The van der Waals surface area contributed by atoms with E-state index in [-0.39, 0.29) is 17.9 Å². The van der Waals surface area contributed by atoms with Gasteiger partial charge in [0.15, 0.2) is 0 Å². The highest BCUT2D eigenvalue weighted by atomic mass is 16.1. The van der Waals surface area contributed by atoms with Crippen molar-refractivity contribution in [2.45, 2.75) is 64.3 Å². The predicted octanol–water partition coefficient (Wildman–Crippen LogP) is 2.69. The highest BCUT2D eigenvalue weighted by molar-refractivity contribution is 5.80. The van der Waals surface area contributed by atoms with Gasteiger partial charge >= 0.3 is 0 Å². The Balaban J connectivity index is 1.39. The van der Waals surface area contributed by atoms with Gasteiger partial charge in [-0.1, -0.05) is 32.6 Å². The van der Waals surface area contributed by atoms with Crippen LogP contribution in [0.2, 0.25) is 0 Å². The second kappa shape index (κ2) is 6.05. The first-order chi connectivity index (χ1) is 9.65. The van der Waals surface area contributed by atoms with Crippen molar-refractivity contribution < 1.29 is 4.79 Å². The molecule has 0 heterocycles. The first kappa shape index (κ1) is 14.4. The topological polar surface area (TPSA) is 55.1 Å². The van der Waals surface area contributed by atoms with Gasteiger partial charge in [-0.25, -0.2) is 0 Å². The molecule has 3 aliphatic rings. The highest BCUT2D eigenvalue weighted by Crippen LogP contribution is 2.47. The standard InChI is InChI=1S/C17H30N2O/c1-11-2-4-12(5-3-11)8-9-19-17(20)15-13-6-7-14(10-13)16(15)18/h11-16H,2-10,18H2,1H3,(H,19,20). The minimum Gasteiger partial charge on any atom is -0.356 e. The largest absolute Gasteiger partial charge is 0.356 e. The molecule has 0 spiro atoms. The first-order valence-corrected chi connectivity index (χ1v) is 8.68. The fourth-order valence-electron chi connectivity index (χ4n) is 4.86. The van der Waals surface area contributed by atoms with Gasteiger partial charge in [-0.05, 0) is 49.4 Å². The second-order valence-electron chi connectivity index (χ2n) is 7.64. The molecule has 0 saturated heterocycles. The number of hydrogen-bond acceptors (Lipinski definition) is 2. The van der Waals surface area contributed by atoms with Gasteiger partial charge in [-0.2, -0.15) is 0 Å². The second-order valence-corrected chi connectivity index (χ2v) is 7.64. The molecule has 3 rings (SSSR count). The SMILES string of the molecule is CC1CCC(CCNC(=O)C2C3CCC(C3)C2N)CC1. The summed E-state index contributed by atoms with van der Waals surface area (Å²) in [6, 6.07) is 0.129. The number of nitrogens with one attached hydrogen (secondary N) is 1. The van der Waals surface area contributed by atoms with Crippen LogP contribution < -0.4 is 11.1 Å². The highest BCUT2D eigenvalue weighted by Gasteiger charge is 2.48. The summed E-state index contributed by atoms with van der Waals surface area (Å²) < 4.78 is 0. The average molecular weight is 278 g/mol. The minimum atomic E-state index is 0.111. The molecule has 3 heteroatoms. The van der Waals surface area contributed by atoms with Gasteiger partial charge in [0.05, 0.1) is 5.92 Å². The first-order valence-electron chi connectivity index (χ1n) is 8.68. The summed E-state index contributed by atoms with van der Waals surface area (Å²) in [6.07, 6.45) is 10.3. The van der Waals surface area contributed by atoms with E-state index >= 15 is 0 Å². The number of carbonyl (C=O) groups is 1. The van der Waals surface area contributed by atoms with Gasteiger partial charge in [0, 0.05) is 12.6 Å². The third-order valence-electron chi connectivity index (χ3n) is 6.27. The molecule has 4 unspecified atom stereocenters. The Morgan fingerprint density at radius 2 is 1.80 bits per heavy atom. The molecule has 0 aromatic rings. The maximum absolute atomic E-state index is 12.3. The van der Waals surface area contributed by atoms with Crippen LogP contribution in [0.5, 0.6) is 0 Å². The molecule has 1 amide bonds. The van der Waals surface area contributed by atoms with Crippen LogP contribution in [0, 0.1) is 29.6 Å². The molecular weight excluding hydrogens is 248 g/mol. The van der Waals surface area contributed by atoms with E-state index in [1.807, 2.05) is 0 Å². The Labute approximate surface area is 123 Å². The van der Waals surface area contributed by atoms with Crippen molar-refractivity contribution >= 4 is 5.91 Å².